The van der Waals surface area contributed by atoms with Crippen LogP contribution >= 0.6 is 47.0 Å². The highest BCUT2D eigenvalue weighted by atomic mass is 32.2. The van der Waals surface area contributed by atoms with Crippen molar-refractivity contribution in [1.29, 1.82) is 0 Å². The van der Waals surface area contributed by atoms with Crippen LogP contribution in [-0.4, -0.2) is 93.2 Å². The number of carbonyl (C=O) groups excluding carboxylic acids is 2. The average molecular weight is 571 g/mol. The molecule has 4 heterocycles. The van der Waals surface area contributed by atoms with Crippen molar-refractivity contribution in [2.75, 3.05) is 30.3 Å². The monoisotopic (exact) mass is 570 g/mol. The number of carboxylic acid groups (broad SMARTS) is 1. The normalized spacial score (nSPS) is 23.6. The predicted molar refractivity (Wildman–Crippen MR) is 138 cm³/mol. The first-order valence-electron chi connectivity index (χ1n) is 10.5. The van der Waals surface area contributed by atoms with Crippen molar-refractivity contribution in [3.63, 3.8) is 0 Å². The molecule has 2 saturated heterocycles. The van der Waals surface area contributed by atoms with Gasteiger partial charge in [-0.15, -0.1) is 11.8 Å². The quantitative estimate of drug-likeness (QED) is 0.0831. The molecular formula is C19H22N8O5S4. The van der Waals surface area contributed by atoms with E-state index >= 15 is 0 Å². The number of carbonyl (C=O) groups is 3. The van der Waals surface area contributed by atoms with Crippen molar-refractivity contribution in [2.45, 2.75) is 26.9 Å². The van der Waals surface area contributed by atoms with Crippen molar-refractivity contribution >= 4 is 76.3 Å². The number of nitrogens with one attached hydrogen (secondary N) is 1. The van der Waals surface area contributed by atoms with E-state index in [9.17, 15) is 24.7 Å². The number of aliphatic carboxylic acids is 1. The van der Waals surface area contributed by atoms with Crippen LogP contribution in [-0.2, 0) is 20.1 Å². The maximum Gasteiger partial charge on any atom is 0.322 e. The van der Waals surface area contributed by atoms with E-state index in [0.29, 0.717) is 23.0 Å². The van der Waals surface area contributed by atoms with Crippen LogP contribution in [0, 0.1) is 0 Å². The fraction of sp³-hybridized carbons (Fsp3) is 0.421. The number of anilines is 1. The molecule has 3 atom stereocenters. The summed E-state index contributed by atoms with van der Waals surface area (Å²) in [4.78, 5) is 43.4. The van der Waals surface area contributed by atoms with Crippen LogP contribution in [0.3, 0.4) is 0 Å². The van der Waals surface area contributed by atoms with Crippen LogP contribution in [0.1, 0.15) is 11.4 Å². The number of hydrogen-bond acceptors (Lipinski definition) is 14. The lowest BCUT2D eigenvalue weighted by Gasteiger charge is -2.53. The van der Waals surface area contributed by atoms with Crippen LogP contribution in [0.25, 0.3) is 0 Å². The van der Waals surface area contributed by atoms with Crippen LogP contribution in [0.4, 0.5) is 5.82 Å². The van der Waals surface area contributed by atoms with Gasteiger partial charge in [0.15, 0.2) is 5.71 Å². The van der Waals surface area contributed by atoms with Gasteiger partial charge in [-0.3, -0.25) is 14.4 Å². The third-order valence-electron chi connectivity index (χ3n) is 5.37. The second kappa shape index (κ2) is 11.2. The Kier molecular flexibility index (Phi) is 8.23. The fourth-order valence-corrected chi connectivity index (χ4v) is 7.98. The minimum absolute atomic E-state index is 0.0496. The molecule has 13 nitrogen and oxygen atoms in total. The molecule has 1 unspecified atom stereocenters. The number of nitrogens with zero attached hydrogens (tertiary/aromatic N) is 5. The summed E-state index contributed by atoms with van der Waals surface area (Å²) in [6.07, 6.45) is 0. The van der Waals surface area contributed by atoms with Crippen molar-refractivity contribution in [2.24, 2.45) is 10.9 Å². The Morgan fingerprint density at radius 2 is 2.17 bits per heavy atom. The first-order chi connectivity index (χ1) is 17.3. The molecular weight excluding hydrogens is 549 g/mol. The molecule has 2 fully saturated rings. The van der Waals surface area contributed by atoms with Gasteiger partial charge in [0, 0.05) is 30.3 Å². The topological polar surface area (TPSA) is 210 Å². The molecule has 2 aliphatic rings. The van der Waals surface area contributed by atoms with Crippen LogP contribution in [0.2, 0.25) is 0 Å². The molecule has 36 heavy (non-hydrogen) atoms. The van der Waals surface area contributed by atoms with Crippen molar-refractivity contribution in [1.82, 2.24) is 23.9 Å². The largest absolute Gasteiger partial charge is 0.480 e. The molecule has 2 aromatic heterocycles. The molecule has 17 heteroatoms. The van der Waals surface area contributed by atoms with Gasteiger partial charge in [-0.05, 0) is 12.1 Å². The highest BCUT2D eigenvalue weighted by Gasteiger charge is 2.58. The van der Waals surface area contributed by atoms with E-state index in [0.717, 1.165) is 29.2 Å². The van der Waals surface area contributed by atoms with Gasteiger partial charge >= 0.3 is 5.97 Å². The van der Waals surface area contributed by atoms with Crippen molar-refractivity contribution in [3.8, 4) is 0 Å². The van der Waals surface area contributed by atoms with E-state index < -0.39 is 33.9 Å². The van der Waals surface area contributed by atoms with E-state index in [-0.39, 0.29) is 29.5 Å². The number of nitrogens with two attached hydrogens (primary N) is 2. The second-order valence-electron chi connectivity index (χ2n) is 7.77. The smallest absolute Gasteiger partial charge is 0.322 e. The summed E-state index contributed by atoms with van der Waals surface area (Å²) >= 11 is 4.94. The van der Waals surface area contributed by atoms with Crippen LogP contribution in [0.5, 0.6) is 0 Å². The zero-order valence-electron chi connectivity index (χ0n) is 18.6. The molecule has 0 aromatic carbocycles. The number of β-lactam (4-membered cyclic amide) rings is 1. The summed E-state index contributed by atoms with van der Waals surface area (Å²) in [7, 11) is 0. The zero-order chi connectivity index (χ0) is 25.9. The molecule has 2 aliphatic heterocycles. The summed E-state index contributed by atoms with van der Waals surface area (Å²) in [5.74, 6) is -0.669. The number of thioether (sulfide) groups is 3. The van der Waals surface area contributed by atoms with Gasteiger partial charge in [0.1, 0.15) is 32.7 Å². The Bertz CT molecular complexity index is 1200. The number of fused-ring (bicyclic) bond motifs is 1. The number of rotatable bonds is 10. The molecule has 0 spiro atoms. The predicted octanol–water partition coefficient (Wildman–Crippen LogP) is -0.0989. The lowest BCUT2D eigenvalue weighted by molar-refractivity contribution is -0.151. The Labute approximate surface area is 222 Å². The first-order valence-corrected chi connectivity index (χ1v) is 14.2. The van der Waals surface area contributed by atoms with E-state index in [1.54, 1.807) is 17.8 Å². The average Bonchev–Trinajstić information content (AvgIpc) is 3.29. The van der Waals surface area contributed by atoms with E-state index in [1.165, 1.54) is 28.8 Å². The molecule has 2 amide bonds. The van der Waals surface area contributed by atoms with E-state index in [2.05, 4.69) is 24.2 Å². The zero-order valence-corrected chi connectivity index (χ0v) is 21.8. The number of pyridine rings is 1. The minimum atomic E-state index is -1.32. The first kappa shape index (κ1) is 26.5. The summed E-state index contributed by atoms with van der Waals surface area (Å²) < 4.78 is 7.24. The molecule has 0 saturated carbocycles. The fourth-order valence-electron chi connectivity index (χ4n) is 3.59. The van der Waals surface area contributed by atoms with Crippen LogP contribution < -0.4 is 16.8 Å². The molecule has 2 aromatic rings. The van der Waals surface area contributed by atoms with Gasteiger partial charge in [-0.25, -0.2) is 4.98 Å². The third kappa shape index (κ3) is 5.24. The number of aromatic nitrogens is 3. The molecule has 0 radical (unpaired) electrons. The molecule has 4 rings (SSSR count). The summed E-state index contributed by atoms with van der Waals surface area (Å²) in [6, 6.07) is 3.61. The Hall–Kier alpha value is -2.60. The number of carboxylic acids is 1. The number of hydrogen-bond donors (Lipinski definition) is 5. The highest BCUT2D eigenvalue weighted by Crippen LogP contribution is 2.46. The number of oxime groups is 1. The van der Waals surface area contributed by atoms with Crippen molar-refractivity contribution in [3.05, 3.63) is 29.6 Å². The molecule has 0 bridgehead atoms. The Morgan fingerprint density at radius 3 is 2.86 bits per heavy atom. The standard InChI is InChI=1S/C19H22N8O5S4/c20-4-5-33-6-10-15(26-36-25-10)35-19(18(30)31)7-27-16(29)13(17(27)34-8-19)23-14(28)12(24-32)9-2-1-3-11(21)22-9/h1-3,13,17,32H,4-8,20H2,(H2,21,22)(H,23,28)(H,30,31)/t13-,17-,19?/m1/s1. The van der Waals surface area contributed by atoms with Gasteiger partial charge in [0.05, 0.1) is 17.4 Å². The lowest BCUT2D eigenvalue weighted by Crippen LogP contribution is -2.74. The maximum atomic E-state index is 12.9. The molecule has 192 valence electrons. The number of amides is 2. The maximum absolute atomic E-state index is 12.9. The lowest BCUT2D eigenvalue weighted by atomic mass is 10.0. The minimum Gasteiger partial charge on any atom is -0.480 e. The second-order valence-corrected chi connectivity index (χ2v) is 11.9. The Morgan fingerprint density at radius 1 is 1.36 bits per heavy atom. The molecule has 7 N–H and O–H groups in total. The SMILES string of the molecule is NCCSCc1nsnc1SC1(C(=O)O)CS[C@@H]2[C@H](NC(=O)C(=NO)c3cccc(N)n3)C(=O)N2C1. The van der Waals surface area contributed by atoms with Gasteiger partial charge in [0.2, 0.25) is 5.91 Å². The van der Waals surface area contributed by atoms with Gasteiger partial charge in [-0.2, -0.15) is 20.5 Å². The Balaban J connectivity index is 1.43. The number of nitrogen functional groups attached to an aromatic ring is 1. The van der Waals surface area contributed by atoms with E-state index in [1.807, 2.05) is 0 Å². The molecule has 0 aliphatic carbocycles. The van der Waals surface area contributed by atoms with Gasteiger partial charge in [-0.1, -0.05) is 23.0 Å². The van der Waals surface area contributed by atoms with Crippen LogP contribution in [0.15, 0.2) is 28.4 Å². The summed E-state index contributed by atoms with van der Waals surface area (Å²) in [6.45, 7) is 0.471. The summed E-state index contributed by atoms with van der Waals surface area (Å²) in [5, 5.41) is 25.1. The van der Waals surface area contributed by atoms with Gasteiger partial charge < -0.3 is 32.0 Å². The van der Waals surface area contributed by atoms with E-state index in [4.69, 9.17) is 11.5 Å². The van der Waals surface area contributed by atoms with Crippen molar-refractivity contribution < 1.29 is 24.7 Å². The van der Waals surface area contributed by atoms with Gasteiger partial charge in [0.25, 0.3) is 5.91 Å². The summed E-state index contributed by atoms with van der Waals surface area (Å²) in [5.41, 5.74) is 11.5. The highest BCUT2D eigenvalue weighted by molar-refractivity contribution is 8.05. The third-order valence-corrected chi connectivity index (χ3v) is 10.1.